The molecule has 4 aromatic rings. The second-order valence-corrected chi connectivity index (χ2v) is 5.53. The van der Waals surface area contributed by atoms with Crippen molar-refractivity contribution < 1.29 is 4.79 Å². The van der Waals surface area contributed by atoms with Crippen LogP contribution in [0.3, 0.4) is 0 Å². The summed E-state index contributed by atoms with van der Waals surface area (Å²) in [7, 11) is 0. The Hall–Kier alpha value is -3.88. The lowest BCUT2D eigenvalue weighted by atomic mass is 10.1. The number of rotatable bonds is 4. The van der Waals surface area contributed by atoms with Crippen LogP contribution in [0.5, 0.6) is 0 Å². The Morgan fingerprint density at radius 1 is 1.12 bits per heavy atom. The van der Waals surface area contributed by atoms with Gasteiger partial charge in [0, 0.05) is 23.5 Å². The summed E-state index contributed by atoms with van der Waals surface area (Å²) in [4.78, 5) is 27.7. The number of aromatic nitrogens is 6. The van der Waals surface area contributed by atoms with Gasteiger partial charge in [0.15, 0.2) is 5.65 Å². The van der Waals surface area contributed by atoms with Gasteiger partial charge < -0.3 is 5.32 Å². The van der Waals surface area contributed by atoms with E-state index in [1.165, 1.54) is 29.5 Å². The average Bonchev–Trinajstić information content (AvgIpc) is 3.11. The fourth-order valence-electron chi connectivity index (χ4n) is 2.49. The third-order valence-corrected chi connectivity index (χ3v) is 3.71. The number of benzene rings is 1. The van der Waals surface area contributed by atoms with Crippen LogP contribution in [0.25, 0.3) is 16.9 Å². The molecule has 0 aliphatic carbocycles. The number of fused-ring (bicyclic) bond motifs is 1. The van der Waals surface area contributed by atoms with E-state index in [1.807, 2.05) is 30.3 Å². The molecule has 0 atom stereocenters. The number of carbonyl (C=O) groups is 1. The predicted molar refractivity (Wildman–Crippen MR) is 93.3 cm³/mol. The van der Waals surface area contributed by atoms with Gasteiger partial charge in [-0.2, -0.15) is 9.61 Å². The molecule has 0 spiro atoms. The minimum Gasteiger partial charge on any atom is -0.325 e. The van der Waals surface area contributed by atoms with Gasteiger partial charge in [-0.15, -0.1) is 10.2 Å². The summed E-state index contributed by atoms with van der Waals surface area (Å²) in [5.41, 5.74) is 2.53. The van der Waals surface area contributed by atoms with E-state index in [0.717, 1.165) is 11.3 Å². The molecule has 1 amide bonds. The van der Waals surface area contributed by atoms with Gasteiger partial charge in [0.25, 0.3) is 5.56 Å². The molecule has 9 heteroatoms. The van der Waals surface area contributed by atoms with Gasteiger partial charge in [0.2, 0.25) is 5.91 Å². The minimum atomic E-state index is -0.320. The lowest BCUT2D eigenvalue weighted by molar-refractivity contribution is -0.116. The summed E-state index contributed by atoms with van der Waals surface area (Å²) in [5, 5.41) is 14.9. The van der Waals surface area contributed by atoms with Crippen LogP contribution in [0.1, 0.15) is 0 Å². The van der Waals surface area contributed by atoms with Gasteiger partial charge in [0.05, 0.1) is 12.0 Å². The Bertz CT molecular complexity index is 1150. The Morgan fingerprint density at radius 3 is 2.92 bits per heavy atom. The summed E-state index contributed by atoms with van der Waals surface area (Å²) in [6.07, 6.45) is 4.24. The molecule has 26 heavy (non-hydrogen) atoms. The molecule has 0 saturated carbocycles. The minimum absolute atomic E-state index is 0.109. The molecule has 0 saturated heterocycles. The first kappa shape index (κ1) is 15.6. The topological polar surface area (TPSA) is 107 Å². The lowest BCUT2D eigenvalue weighted by Crippen LogP contribution is -2.26. The number of hydrogen-bond acceptors (Lipinski definition) is 6. The molecule has 0 radical (unpaired) electrons. The maximum absolute atomic E-state index is 12.2. The number of nitrogens with one attached hydrogen (secondary N) is 1. The van der Waals surface area contributed by atoms with Crippen molar-refractivity contribution in [2.45, 2.75) is 6.54 Å². The van der Waals surface area contributed by atoms with E-state index in [9.17, 15) is 9.59 Å². The van der Waals surface area contributed by atoms with E-state index in [4.69, 9.17) is 0 Å². The number of amides is 1. The molecular formula is C17H13N7O2. The van der Waals surface area contributed by atoms with E-state index in [0.29, 0.717) is 11.3 Å². The first-order valence-electron chi connectivity index (χ1n) is 7.77. The van der Waals surface area contributed by atoms with E-state index in [-0.39, 0.29) is 18.0 Å². The van der Waals surface area contributed by atoms with E-state index in [1.54, 1.807) is 10.6 Å². The van der Waals surface area contributed by atoms with E-state index >= 15 is 0 Å². The van der Waals surface area contributed by atoms with Crippen LogP contribution in [-0.4, -0.2) is 35.3 Å². The van der Waals surface area contributed by atoms with Crippen molar-refractivity contribution in [2.75, 3.05) is 5.32 Å². The Kier molecular flexibility index (Phi) is 3.94. The zero-order valence-corrected chi connectivity index (χ0v) is 13.5. The molecule has 1 N–H and O–H groups in total. The number of hydrogen-bond donors (Lipinski definition) is 1. The molecule has 3 heterocycles. The van der Waals surface area contributed by atoms with Crippen molar-refractivity contribution in [1.29, 1.82) is 0 Å². The largest absolute Gasteiger partial charge is 0.325 e. The van der Waals surface area contributed by atoms with E-state index in [2.05, 4.69) is 25.6 Å². The summed E-state index contributed by atoms with van der Waals surface area (Å²) in [5.74, 6) is -0.320. The van der Waals surface area contributed by atoms with Crippen LogP contribution in [0.4, 0.5) is 5.69 Å². The third kappa shape index (κ3) is 3.18. The molecule has 3 aromatic heterocycles. The molecule has 0 fully saturated rings. The van der Waals surface area contributed by atoms with Crippen LogP contribution >= 0.6 is 0 Å². The summed E-state index contributed by atoms with van der Waals surface area (Å²) in [6.45, 7) is -0.109. The quantitative estimate of drug-likeness (QED) is 0.590. The zero-order chi connectivity index (χ0) is 17.9. The van der Waals surface area contributed by atoms with Gasteiger partial charge in [-0.25, -0.2) is 4.98 Å². The van der Waals surface area contributed by atoms with Gasteiger partial charge in [-0.1, -0.05) is 12.1 Å². The molecule has 1 aromatic carbocycles. The third-order valence-electron chi connectivity index (χ3n) is 3.71. The molecule has 0 unspecified atom stereocenters. The molecule has 9 nitrogen and oxygen atoms in total. The molecule has 0 aliphatic heterocycles. The Balaban J connectivity index is 1.54. The SMILES string of the molecule is O=C(Cn1cnccc1=O)Nc1cccc(-c2ccc3nncn3n2)c1. The number of anilines is 1. The second-order valence-electron chi connectivity index (χ2n) is 5.53. The first-order valence-corrected chi connectivity index (χ1v) is 7.77. The highest BCUT2D eigenvalue weighted by molar-refractivity contribution is 5.91. The summed E-state index contributed by atoms with van der Waals surface area (Å²) in [6, 6.07) is 12.2. The number of nitrogens with zero attached hydrogens (tertiary/aromatic N) is 6. The van der Waals surface area contributed by atoms with Gasteiger partial charge in [-0.05, 0) is 24.3 Å². The molecule has 0 aliphatic rings. The van der Waals surface area contributed by atoms with Crippen LogP contribution in [0, 0.1) is 0 Å². The van der Waals surface area contributed by atoms with Gasteiger partial charge >= 0.3 is 0 Å². The molecule has 4 rings (SSSR count). The number of carbonyl (C=O) groups excluding carboxylic acids is 1. The van der Waals surface area contributed by atoms with Crippen molar-refractivity contribution in [3.05, 3.63) is 71.7 Å². The highest BCUT2D eigenvalue weighted by atomic mass is 16.2. The maximum atomic E-state index is 12.2. The normalized spacial score (nSPS) is 10.8. The van der Waals surface area contributed by atoms with Gasteiger partial charge in [0.1, 0.15) is 12.9 Å². The fraction of sp³-hybridized carbons (Fsp3) is 0.0588. The van der Waals surface area contributed by atoms with Crippen LogP contribution in [0.15, 0.2) is 66.1 Å². The Morgan fingerprint density at radius 2 is 2.04 bits per heavy atom. The average molecular weight is 347 g/mol. The van der Waals surface area contributed by atoms with Crippen LogP contribution < -0.4 is 10.9 Å². The smallest absolute Gasteiger partial charge is 0.253 e. The van der Waals surface area contributed by atoms with Crippen molar-refractivity contribution in [2.24, 2.45) is 0 Å². The summed E-state index contributed by atoms with van der Waals surface area (Å²) >= 11 is 0. The van der Waals surface area contributed by atoms with Crippen molar-refractivity contribution in [3.63, 3.8) is 0 Å². The summed E-state index contributed by atoms with van der Waals surface area (Å²) < 4.78 is 2.82. The van der Waals surface area contributed by atoms with Crippen molar-refractivity contribution in [3.8, 4) is 11.3 Å². The Labute approximate surface area is 147 Å². The lowest BCUT2D eigenvalue weighted by Gasteiger charge is -2.08. The molecule has 128 valence electrons. The van der Waals surface area contributed by atoms with Gasteiger partial charge in [-0.3, -0.25) is 14.2 Å². The van der Waals surface area contributed by atoms with Crippen molar-refractivity contribution in [1.82, 2.24) is 29.4 Å². The van der Waals surface area contributed by atoms with Crippen molar-refractivity contribution >= 4 is 17.2 Å². The van der Waals surface area contributed by atoms with E-state index < -0.39 is 0 Å². The standard InChI is InChI=1S/C17H13N7O2/c25-16(9-23-10-18-7-6-17(23)26)20-13-3-1-2-12(8-13)14-4-5-15-21-19-11-24(15)22-14/h1-8,10-11H,9H2,(H,20,25). The highest BCUT2D eigenvalue weighted by Crippen LogP contribution is 2.21. The molecular weight excluding hydrogens is 334 g/mol. The predicted octanol–water partition coefficient (Wildman–Crippen LogP) is 0.987. The monoisotopic (exact) mass is 347 g/mol. The zero-order valence-electron chi connectivity index (χ0n) is 13.5. The second kappa shape index (κ2) is 6.55. The maximum Gasteiger partial charge on any atom is 0.253 e. The fourth-order valence-corrected chi connectivity index (χ4v) is 2.49. The highest BCUT2D eigenvalue weighted by Gasteiger charge is 2.07. The van der Waals surface area contributed by atoms with Crippen LogP contribution in [-0.2, 0) is 11.3 Å². The first-order chi connectivity index (χ1) is 12.7. The van der Waals surface area contributed by atoms with Crippen LogP contribution in [0.2, 0.25) is 0 Å². The molecule has 0 bridgehead atoms.